The van der Waals surface area contributed by atoms with E-state index in [1.165, 1.54) is 0 Å². The largest absolute Gasteiger partial charge is 0.362 e. The zero-order chi connectivity index (χ0) is 21.7. The van der Waals surface area contributed by atoms with Gasteiger partial charge in [0, 0.05) is 43.5 Å². The van der Waals surface area contributed by atoms with E-state index in [0.717, 1.165) is 32.4 Å². The predicted molar refractivity (Wildman–Crippen MR) is 114 cm³/mol. The summed E-state index contributed by atoms with van der Waals surface area (Å²) in [6.07, 6.45) is 1.16. The molecule has 2 aromatic rings. The van der Waals surface area contributed by atoms with Crippen LogP contribution in [0.2, 0.25) is 0 Å². The van der Waals surface area contributed by atoms with Gasteiger partial charge in [-0.05, 0) is 45.2 Å². The highest BCUT2D eigenvalue weighted by Gasteiger charge is 2.19. The number of carbonyl (C=O) groups excluding carboxylic acids is 1. The molecule has 3 rings (SSSR count). The number of aromatic nitrogens is 2. The number of carbonyl (C=O) groups is 1. The van der Waals surface area contributed by atoms with Gasteiger partial charge in [-0.3, -0.25) is 20.3 Å². The molecule has 1 aliphatic rings. The van der Waals surface area contributed by atoms with Crippen LogP contribution in [0.4, 0.5) is 23.1 Å². The van der Waals surface area contributed by atoms with Crippen LogP contribution in [-0.2, 0) is 0 Å². The summed E-state index contributed by atoms with van der Waals surface area (Å²) in [6, 6.07) is 6.85. The number of anilines is 3. The van der Waals surface area contributed by atoms with Crippen molar-refractivity contribution in [1.29, 1.82) is 0 Å². The fraction of sp³-hybridized carbons (Fsp3) is 0.421. The van der Waals surface area contributed by atoms with Crippen molar-refractivity contribution in [3.8, 4) is 0 Å². The Balaban J connectivity index is 1.65. The minimum absolute atomic E-state index is 0.0236. The molecule has 1 aromatic carbocycles. The van der Waals surface area contributed by atoms with Crippen molar-refractivity contribution in [2.75, 3.05) is 43.9 Å². The minimum atomic E-state index is -0.526. The van der Waals surface area contributed by atoms with Crippen molar-refractivity contribution in [3.05, 3.63) is 46.1 Å². The van der Waals surface area contributed by atoms with E-state index in [1.807, 2.05) is 18.9 Å². The summed E-state index contributed by atoms with van der Waals surface area (Å²) in [5.74, 6) is 0.204. The van der Waals surface area contributed by atoms with Gasteiger partial charge >= 0.3 is 5.69 Å². The summed E-state index contributed by atoms with van der Waals surface area (Å²) in [6.45, 7) is 7.12. The van der Waals surface area contributed by atoms with Crippen LogP contribution < -0.4 is 16.1 Å². The lowest BCUT2D eigenvalue weighted by Crippen LogP contribution is -2.52. The zero-order valence-corrected chi connectivity index (χ0v) is 17.3. The van der Waals surface area contributed by atoms with E-state index in [1.54, 1.807) is 24.3 Å². The lowest BCUT2D eigenvalue weighted by Gasteiger charge is -2.32. The molecule has 0 saturated carbocycles. The molecule has 0 atom stereocenters. The molecule has 160 valence electrons. The summed E-state index contributed by atoms with van der Waals surface area (Å²) in [4.78, 5) is 33.5. The van der Waals surface area contributed by atoms with E-state index in [0.29, 0.717) is 11.3 Å². The van der Waals surface area contributed by atoms with Crippen LogP contribution in [0.15, 0.2) is 30.5 Å². The molecule has 1 aromatic heterocycles. The minimum Gasteiger partial charge on any atom is -0.362 e. The van der Waals surface area contributed by atoms with Crippen LogP contribution in [-0.4, -0.2) is 70.0 Å². The standard InChI is InChI=1S/C19H26N8O3/c1-13(2)21-17-16(27(29)30)12-20-19(23-17)22-15-6-4-14(5-7-15)18(28)24-26-10-8-25(3)9-11-26/h4-7,12-13H,8-11H2,1-3H3,(H,24,28)(H2,20,21,22,23). The van der Waals surface area contributed by atoms with Gasteiger partial charge in [0.15, 0.2) is 0 Å². The first-order chi connectivity index (χ1) is 14.3. The second-order valence-electron chi connectivity index (χ2n) is 7.42. The van der Waals surface area contributed by atoms with Crippen LogP contribution >= 0.6 is 0 Å². The van der Waals surface area contributed by atoms with Crippen LogP contribution in [0.3, 0.4) is 0 Å². The molecule has 0 spiro atoms. The van der Waals surface area contributed by atoms with Gasteiger partial charge in [0.2, 0.25) is 11.8 Å². The molecule has 0 bridgehead atoms. The van der Waals surface area contributed by atoms with Gasteiger partial charge in [0.25, 0.3) is 5.91 Å². The molecular formula is C19H26N8O3. The maximum Gasteiger partial charge on any atom is 0.329 e. The molecule has 2 heterocycles. The van der Waals surface area contributed by atoms with Crippen molar-refractivity contribution in [2.24, 2.45) is 0 Å². The van der Waals surface area contributed by atoms with Crippen molar-refractivity contribution < 1.29 is 9.72 Å². The fourth-order valence-electron chi connectivity index (χ4n) is 2.91. The molecule has 11 heteroatoms. The number of nitrogens with zero attached hydrogens (tertiary/aromatic N) is 5. The molecule has 0 radical (unpaired) electrons. The summed E-state index contributed by atoms with van der Waals surface area (Å²) in [5.41, 5.74) is 3.92. The Kier molecular flexibility index (Phi) is 6.75. The lowest BCUT2D eigenvalue weighted by atomic mass is 10.2. The number of rotatable bonds is 7. The maximum atomic E-state index is 12.4. The topological polar surface area (TPSA) is 129 Å². The molecule has 3 N–H and O–H groups in total. The van der Waals surface area contributed by atoms with Gasteiger partial charge in [-0.25, -0.2) is 9.99 Å². The normalized spacial score (nSPS) is 15.1. The third kappa shape index (κ3) is 5.61. The smallest absolute Gasteiger partial charge is 0.329 e. The molecule has 11 nitrogen and oxygen atoms in total. The van der Waals surface area contributed by atoms with E-state index in [9.17, 15) is 14.9 Å². The highest BCUT2D eigenvalue weighted by atomic mass is 16.6. The van der Waals surface area contributed by atoms with Crippen molar-refractivity contribution in [1.82, 2.24) is 25.3 Å². The molecule has 1 aliphatic heterocycles. The average Bonchev–Trinajstić information content (AvgIpc) is 2.70. The van der Waals surface area contributed by atoms with E-state index in [2.05, 4.69) is 38.0 Å². The maximum absolute atomic E-state index is 12.4. The quantitative estimate of drug-likeness (QED) is 0.459. The van der Waals surface area contributed by atoms with Gasteiger partial charge in [-0.2, -0.15) is 4.98 Å². The number of hydrazine groups is 1. The predicted octanol–water partition coefficient (Wildman–Crippen LogP) is 1.84. The first kappa shape index (κ1) is 21.4. The Morgan fingerprint density at radius 3 is 2.43 bits per heavy atom. The third-order valence-electron chi connectivity index (χ3n) is 4.56. The highest BCUT2D eigenvalue weighted by molar-refractivity contribution is 5.94. The first-order valence-corrected chi connectivity index (χ1v) is 9.71. The lowest BCUT2D eigenvalue weighted by molar-refractivity contribution is -0.384. The molecule has 1 fully saturated rings. The van der Waals surface area contributed by atoms with E-state index in [-0.39, 0.29) is 29.4 Å². The number of likely N-dealkylation sites (N-methyl/N-ethyl adjacent to an activating group) is 1. The van der Waals surface area contributed by atoms with E-state index >= 15 is 0 Å². The second kappa shape index (κ2) is 9.46. The van der Waals surface area contributed by atoms with Crippen LogP contribution in [0.5, 0.6) is 0 Å². The molecule has 1 amide bonds. The summed E-state index contributed by atoms with van der Waals surface area (Å²) in [7, 11) is 2.06. The first-order valence-electron chi connectivity index (χ1n) is 9.71. The number of benzene rings is 1. The monoisotopic (exact) mass is 414 g/mol. The Labute approximate surface area is 174 Å². The Hall–Kier alpha value is -3.31. The number of nitrogens with one attached hydrogen (secondary N) is 3. The van der Waals surface area contributed by atoms with Gasteiger partial charge in [0.05, 0.1) is 4.92 Å². The van der Waals surface area contributed by atoms with Gasteiger partial charge < -0.3 is 15.5 Å². The van der Waals surface area contributed by atoms with Gasteiger partial charge in [-0.1, -0.05) is 0 Å². The Bertz CT molecular complexity index is 895. The van der Waals surface area contributed by atoms with Crippen molar-refractivity contribution in [3.63, 3.8) is 0 Å². The number of piperazine rings is 1. The summed E-state index contributed by atoms with van der Waals surface area (Å²) >= 11 is 0. The van der Waals surface area contributed by atoms with Gasteiger partial charge in [0.1, 0.15) is 6.20 Å². The molecule has 30 heavy (non-hydrogen) atoms. The molecule has 0 aliphatic carbocycles. The number of hydrogen-bond acceptors (Lipinski definition) is 9. The number of amides is 1. The van der Waals surface area contributed by atoms with E-state index < -0.39 is 4.92 Å². The van der Waals surface area contributed by atoms with Crippen molar-refractivity contribution in [2.45, 2.75) is 19.9 Å². The number of hydrogen-bond donors (Lipinski definition) is 3. The van der Waals surface area contributed by atoms with Crippen molar-refractivity contribution >= 4 is 29.0 Å². The Morgan fingerprint density at radius 1 is 1.17 bits per heavy atom. The molecular weight excluding hydrogens is 388 g/mol. The highest BCUT2D eigenvalue weighted by Crippen LogP contribution is 2.24. The molecule has 1 saturated heterocycles. The summed E-state index contributed by atoms with van der Waals surface area (Å²) < 4.78 is 0. The van der Waals surface area contributed by atoms with Crippen LogP contribution in [0, 0.1) is 10.1 Å². The number of nitro groups is 1. The Morgan fingerprint density at radius 2 is 1.83 bits per heavy atom. The zero-order valence-electron chi connectivity index (χ0n) is 17.3. The second-order valence-corrected chi connectivity index (χ2v) is 7.42. The average molecular weight is 414 g/mol. The summed E-state index contributed by atoms with van der Waals surface area (Å²) in [5, 5.41) is 19.0. The van der Waals surface area contributed by atoms with Gasteiger partial charge in [-0.15, -0.1) is 0 Å². The van der Waals surface area contributed by atoms with Crippen LogP contribution in [0.1, 0.15) is 24.2 Å². The SMILES string of the molecule is CC(C)Nc1nc(Nc2ccc(C(=O)NN3CCN(C)CC3)cc2)ncc1[N+](=O)[O-]. The van der Waals surface area contributed by atoms with E-state index in [4.69, 9.17) is 0 Å². The fourth-order valence-corrected chi connectivity index (χ4v) is 2.91. The van der Waals surface area contributed by atoms with Crippen LogP contribution in [0.25, 0.3) is 0 Å². The third-order valence-corrected chi connectivity index (χ3v) is 4.56. The molecule has 0 unspecified atom stereocenters.